The van der Waals surface area contributed by atoms with Crippen LogP contribution in [0.5, 0.6) is 11.6 Å². The highest BCUT2D eigenvalue weighted by molar-refractivity contribution is 5.94. The van der Waals surface area contributed by atoms with E-state index in [9.17, 15) is 14.7 Å². The van der Waals surface area contributed by atoms with E-state index in [1.807, 2.05) is 30.3 Å². The Bertz CT molecular complexity index is 847. The zero-order valence-corrected chi connectivity index (χ0v) is 16.1. The third kappa shape index (κ3) is 4.40. The maximum atomic E-state index is 12.8. The minimum atomic E-state index is -0.783. The van der Waals surface area contributed by atoms with E-state index < -0.39 is 11.9 Å². The topological polar surface area (TPSA) is 89.0 Å². The largest absolute Gasteiger partial charge is 0.481 e. The van der Waals surface area contributed by atoms with Gasteiger partial charge in [-0.2, -0.15) is 0 Å². The van der Waals surface area contributed by atoms with E-state index in [4.69, 9.17) is 9.47 Å². The van der Waals surface area contributed by atoms with Crippen LogP contribution in [-0.4, -0.2) is 52.7 Å². The molecule has 2 atom stereocenters. The van der Waals surface area contributed by atoms with Crippen molar-refractivity contribution < 1.29 is 24.2 Å². The molecule has 1 aromatic carbocycles. The van der Waals surface area contributed by atoms with Crippen LogP contribution in [0.3, 0.4) is 0 Å². The molecule has 2 aliphatic rings. The van der Waals surface area contributed by atoms with Gasteiger partial charge in [-0.25, -0.2) is 4.98 Å². The quantitative estimate of drug-likeness (QED) is 0.835. The van der Waals surface area contributed by atoms with E-state index in [0.717, 1.165) is 12.8 Å². The number of benzene rings is 1. The van der Waals surface area contributed by atoms with Gasteiger partial charge >= 0.3 is 5.97 Å². The SMILES string of the molecule is O=C(O)C1CCO[C@H]1C1CCN(C(=O)c2ccc(Oc3ccccc3)nc2)CC1. The summed E-state index contributed by atoms with van der Waals surface area (Å²) < 4.78 is 11.4. The lowest BCUT2D eigenvalue weighted by atomic mass is 9.84. The summed E-state index contributed by atoms with van der Waals surface area (Å²) in [5.74, 6) is 0.0322. The number of carboxylic acid groups (broad SMARTS) is 1. The zero-order chi connectivity index (χ0) is 20.2. The van der Waals surface area contributed by atoms with E-state index in [-0.39, 0.29) is 17.9 Å². The Morgan fingerprint density at radius 2 is 1.83 bits per heavy atom. The number of rotatable bonds is 5. The maximum absolute atomic E-state index is 12.8. The van der Waals surface area contributed by atoms with Crippen molar-refractivity contribution in [2.75, 3.05) is 19.7 Å². The van der Waals surface area contributed by atoms with Gasteiger partial charge in [-0.3, -0.25) is 9.59 Å². The summed E-state index contributed by atoms with van der Waals surface area (Å²) >= 11 is 0. The summed E-state index contributed by atoms with van der Waals surface area (Å²) in [6.07, 6.45) is 3.38. The fourth-order valence-electron chi connectivity index (χ4n) is 4.13. The van der Waals surface area contributed by atoms with Crippen molar-refractivity contribution in [2.24, 2.45) is 11.8 Å². The summed E-state index contributed by atoms with van der Waals surface area (Å²) in [4.78, 5) is 30.2. The van der Waals surface area contributed by atoms with E-state index in [2.05, 4.69) is 4.98 Å². The summed E-state index contributed by atoms with van der Waals surface area (Å²) in [5.41, 5.74) is 0.518. The van der Waals surface area contributed by atoms with Crippen LogP contribution in [0.15, 0.2) is 48.7 Å². The van der Waals surface area contributed by atoms with Crippen LogP contribution < -0.4 is 4.74 Å². The first kappa shape index (κ1) is 19.4. The molecule has 29 heavy (non-hydrogen) atoms. The fourth-order valence-corrected chi connectivity index (χ4v) is 4.13. The number of carbonyl (C=O) groups excluding carboxylic acids is 1. The van der Waals surface area contributed by atoms with E-state index >= 15 is 0 Å². The molecule has 2 aromatic rings. The highest BCUT2D eigenvalue weighted by Crippen LogP contribution is 2.33. The van der Waals surface area contributed by atoms with Crippen LogP contribution in [0, 0.1) is 11.8 Å². The first-order chi connectivity index (χ1) is 14.1. The summed E-state index contributed by atoms with van der Waals surface area (Å²) in [6.45, 7) is 1.69. The molecule has 2 aliphatic heterocycles. The Hall–Kier alpha value is -2.93. The third-order valence-electron chi connectivity index (χ3n) is 5.69. The van der Waals surface area contributed by atoms with Crippen molar-refractivity contribution in [2.45, 2.75) is 25.4 Å². The third-order valence-corrected chi connectivity index (χ3v) is 5.69. The van der Waals surface area contributed by atoms with Crippen molar-refractivity contribution >= 4 is 11.9 Å². The number of hydrogen-bond acceptors (Lipinski definition) is 5. The number of ether oxygens (including phenoxy) is 2. The fraction of sp³-hybridized carbons (Fsp3) is 0.409. The average molecular weight is 396 g/mol. The summed E-state index contributed by atoms with van der Waals surface area (Å²) in [6, 6.07) is 12.8. The Morgan fingerprint density at radius 1 is 1.07 bits per heavy atom. The van der Waals surface area contributed by atoms with Crippen LogP contribution in [0.1, 0.15) is 29.6 Å². The number of hydrogen-bond donors (Lipinski definition) is 1. The Kier molecular flexibility index (Phi) is 5.76. The molecule has 1 N–H and O–H groups in total. The van der Waals surface area contributed by atoms with Gasteiger partial charge in [0.1, 0.15) is 5.75 Å². The van der Waals surface area contributed by atoms with E-state index in [1.165, 1.54) is 6.20 Å². The number of likely N-dealkylation sites (tertiary alicyclic amines) is 1. The average Bonchev–Trinajstić information content (AvgIpc) is 3.25. The molecular formula is C22H24N2O5. The van der Waals surface area contributed by atoms with Crippen LogP contribution in [0.25, 0.3) is 0 Å². The molecule has 0 saturated carbocycles. The lowest BCUT2D eigenvalue weighted by Crippen LogP contribution is -2.43. The van der Waals surface area contributed by atoms with Crippen molar-refractivity contribution in [3.05, 3.63) is 54.2 Å². The van der Waals surface area contributed by atoms with Crippen molar-refractivity contribution in [3.8, 4) is 11.6 Å². The maximum Gasteiger partial charge on any atom is 0.309 e. The predicted molar refractivity (Wildman–Crippen MR) is 105 cm³/mol. The first-order valence-corrected chi connectivity index (χ1v) is 9.94. The van der Waals surface area contributed by atoms with Crippen molar-refractivity contribution in [1.82, 2.24) is 9.88 Å². The molecule has 7 heteroatoms. The molecule has 0 radical (unpaired) electrons. The predicted octanol–water partition coefficient (Wildman–Crippen LogP) is 3.22. The Labute approximate surface area is 169 Å². The number of aromatic nitrogens is 1. The standard InChI is InChI=1S/C22H24N2O5/c25-21(16-6-7-19(23-14-16)29-17-4-2-1-3-5-17)24-11-8-15(9-12-24)20-18(22(26)27)10-13-28-20/h1-7,14-15,18,20H,8-13H2,(H,26,27)/t18?,20-/m0/s1. The second-order valence-corrected chi connectivity index (χ2v) is 7.50. The van der Waals surface area contributed by atoms with Crippen LogP contribution in [-0.2, 0) is 9.53 Å². The number of para-hydroxylation sites is 1. The molecule has 152 valence electrons. The van der Waals surface area contributed by atoms with Gasteiger partial charge in [-0.15, -0.1) is 0 Å². The second kappa shape index (κ2) is 8.61. The summed E-state index contributed by atoms with van der Waals surface area (Å²) in [5, 5.41) is 9.36. The van der Waals surface area contributed by atoms with Crippen molar-refractivity contribution in [3.63, 3.8) is 0 Å². The van der Waals surface area contributed by atoms with Gasteiger partial charge in [0.15, 0.2) is 0 Å². The number of amides is 1. The molecule has 0 aliphatic carbocycles. The second-order valence-electron chi connectivity index (χ2n) is 7.50. The lowest BCUT2D eigenvalue weighted by Gasteiger charge is -2.35. The van der Waals surface area contributed by atoms with Gasteiger partial charge in [0.05, 0.1) is 17.6 Å². The molecule has 1 amide bonds. The monoisotopic (exact) mass is 396 g/mol. The summed E-state index contributed by atoms with van der Waals surface area (Å²) in [7, 11) is 0. The zero-order valence-electron chi connectivity index (χ0n) is 16.1. The van der Waals surface area contributed by atoms with Gasteiger partial charge in [-0.1, -0.05) is 18.2 Å². The van der Waals surface area contributed by atoms with Gasteiger partial charge < -0.3 is 19.5 Å². The lowest BCUT2D eigenvalue weighted by molar-refractivity contribution is -0.145. The van der Waals surface area contributed by atoms with Gasteiger partial charge in [0, 0.05) is 32.0 Å². The van der Waals surface area contributed by atoms with Gasteiger partial charge in [0.2, 0.25) is 5.88 Å². The normalized spacial score (nSPS) is 22.4. The van der Waals surface area contributed by atoms with Crippen LogP contribution in [0.2, 0.25) is 0 Å². The Balaban J connectivity index is 1.33. The molecule has 0 spiro atoms. The first-order valence-electron chi connectivity index (χ1n) is 9.94. The number of nitrogens with zero attached hydrogens (tertiary/aromatic N) is 2. The van der Waals surface area contributed by atoms with E-state index in [1.54, 1.807) is 17.0 Å². The number of pyridine rings is 1. The molecule has 0 bridgehead atoms. The number of carboxylic acids is 1. The highest BCUT2D eigenvalue weighted by Gasteiger charge is 2.40. The minimum absolute atomic E-state index is 0.0654. The molecule has 4 rings (SSSR count). The van der Waals surface area contributed by atoms with Crippen LogP contribution in [0.4, 0.5) is 0 Å². The number of aliphatic carboxylic acids is 1. The number of carbonyl (C=O) groups is 2. The molecular weight excluding hydrogens is 372 g/mol. The van der Waals surface area contributed by atoms with Crippen LogP contribution >= 0.6 is 0 Å². The molecule has 2 saturated heterocycles. The molecule has 1 unspecified atom stereocenters. The smallest absolute Gasteiger partial charge is 0.309 e. The van der Waals surface area contributed by atoms with E-state index in [0.29, 0.717) is 43.3 Å². The van der Waals surface area contributed by atoms with Gasteiger partial charge in [0.25, 0.3) is 5.91 Å². The molecule has 7 nitrogen and oxygen atoms in total. The van der Waals surface area contributed by atoms with Gasteiger partial charge in [-0.05, 0) is 43.4 Å². The highest BCUT2D eigenvalue weighted by atomic mass is 16.5. The number of piperidine rings is 1. The minimum Gasteiger partial charge on any atom is -0.481 e. The molecule has 3 heterocycles. The Morgan fingerprint density at radius 3 is 2.48 bits per heavy atom. The van der Waals surface area contributed by atoms with Crippen molar-refractivity contribution in [1.29, 1.82) is 0 Å². The molecule has 1 aromatic heterocycles. The molecule has 2 fully saturated rings.